The summed E-state index contributed by atoms with van der Waals surface area (Å²) in [5.41, 5.74) is 2.80. The number of fused-ring (bicyclic) bond motifs is 2. The van der Waals surface area contributed by atoms with Crippen LogP contribution in [-0.4, -0.2) is 22.4 Å². The van der Waals surface area contributed by atoms with Gasteiger partial charge in [-0.25, -0.2) is 9.97 Å². The van der Waals surface area contributed by atoms with Crippen LogP contribution in [-0.2, 0) is 0 Å². The van der Waals surface area contributed by atoms with E-state index in [0.717, 1.165) is 16.9 Å². The first kappa shape index (κ1) is 17.9. The standard InChI is InChI=1S/C24H17N3O3/c28-20(15-29-21-11-3-1-7-17(21)24-25-13-6-14-26-24)16-8-5-10-19-23(16)30-22-12-4-2-9-18(22)27-19/h1-14,27H,15H2. The van der Waals surface area contributed by atoms with Crippen molar-refractivity contribution in [2.75, 3.05) is 11.9 Å². The summed E-state index contributed by atoms with van der Waals surface area (Å²) in [6, 6.07) is 22.2. The van der Waals surface area contributed by atoms with Gasteiger partial charge in [-0.15, -0.1) is 0 Å². The zero-order valence-corrected chi connectivity index (χ0v) is 15.9. The van der Waals surface area contributed by atoms with E-state index in [9.17, 15) is 4.79 Å². The summed E-state index contributed by atoms with van der Waals surface area (Å²) in [6.45, 7) is -0.134. The number of nitrogens with zero attached hydrogens (tertiary/aromatic N) is 2. The summed E-state index contributed by atoms with van der Waals surface area (Å²) in [6.07, 6.45) is 3.34. The van der Waals surface area contributed by atoms with Gasteiger partial charge in [0.15, 0.2) is 23.9 Å². The van der Waals surface area contributed by atoms with Crippen LogP contribution in [0, 0.1) is 0 Å². The van der Waals surface area contributed by atoms with Crippen LogP contribution in [0.2, 0.25) is 0 Å². The molecule has 4 aromatic rings. The third kappa shape index (κ3) is 3.35. The van der Waals surface area contributed by atoms with E-state index in [-0.39, 0.29) is 12.4 Å². The molecule has 0 bridgehead atoms. The second kappa shape index (κ2) is 7.67. The van der Waals surface area contributed by atoms with Gasteiger partial charge in [-0.2, -0.15) is 0 Å². The van der Waals surface area contributed by atoms with E-state index < -0.39 is 0 Å². The second-order valence-corrected chi connectivity index (χ2v) is 6.69. The lowest BCUT2D eigenvalue weighted by Gasteiger charge is -2.23. The Kier molecular flexibility index (Phi) is 4.57. The summed E-state index contributed by atoms with van der Waals surface area (Å²) in [5, 5.41) is 3.31. The third-order valence-electron chi connectivity index (χ3n) is 4.74. The highest BCUT2D eigenvalue weighted by Gasteiger charge is 2.23. The smallest absolute Gasteiger partial charge is 0.204 e. The molecule has 0 fully saturated rings. The highest BCUT2D eigenvalue weighted by atomic mass is 16.5. The van der Waals surface area contributed by atoms with Crippen LogP contribution in [0.4, 0.5) is 11.4 Å². The van der Waals surface area contributed by atoms with Crippen molar-refractivity contribution in [3.63, 3.8) is 0 Å². The molecule has 5 rings (SSSR count). The molecule has 0 saturated carbocycles. The van der Waals surface area contributed by atoms with Crippen LogP contribution < -0.4 is 14.8 Å². The molecule has 2 heterocycles. The van der Waals surface area contributed by atoms with E-state index in [1.54, 1.807) is 30.6 Å². The number of rotatable bonds is 5. The topological polar surface area (TPSA) is 73.3 Å². The van der Waals surface area contributed by atoms with Crippen LogP contribution in [0.1, 0.15) is 10.4 Å². The molecule has 3 aromatic carbocycles. The van der Waals surface area contributed by atoms with Gasteiger partial charge in [0.1, 0.15) is 5.75 Å². The molecular formula is C24H17N3O3. The average molecular weight is 395 g/mol. The SMILES string of the molecule is O=C(COc1ccccc1-c1ncccn1)c1cccc2c1Oc1ccccc1N2. The minimum absolute atomic E-state index is 0.134. The number of hydrogen-bond acceptors (Lipinski definition) is 6. The van der Waals surface area contributed by atoms with Gasteiger partial charge in [0.25, 0.3) is 0 Å². The average Bonchev–Trinajstić information content (AvgIpc) is 2.81. The second-order valence-electron chi connectivity index (χ2n) is 6.69. The van der Waals surface area contributed by atoms with Gasteiger partial charge in [-0.05, 0) is 42.5 Å². The largest absolute Gasteiger partial charge is 0.485 e. The molecule has 30 heavy (non-hydrogen) atoms. The minimum atomic E-state index is -0.184. The van der Waals surface area contributed by atoms with Crippen molar-refractivity contribution in [1.29, 1.82) is 0 Å². The van der Waals surface area contributed by atoms with Crippen LogP contribution in [0.3, 0.4) is 0 Å². The molecule has 0 amide bonds. The summed E-state index contributed by atoms with van der Waals surface area (Å²) in [5.74, 6) is 2.09. The molecule has 0 unspecified atom stereocenters. The lowest BCUT2D eigenvalue weighted by Crippen LogP contribution is -2.15. The lowest BCUT2D eigenvalue weighted by atomic mass is 10.1. The number of Topliss-reactive ketones (excluding diaryl/α,β-unsaturated/α-hetero) is 1. The maximum Gasteiger partial charge on any atom is 0.204 e. The zero-order chi connectivity index (χ0) is 20.3. The van der Waals surface area contributed by atoms with Crippen LogP contribution >= 0.6 is 0 Å². The predicted octanol–water partition coefficient (Wildman–Crippen LogP) is 5.25. The fourth-order valence-corrected chi connectivity index (χ4v) is 3.32. The molecule has 6 heteroatoms. The first-order valence-corrected chi connectivity index (χ1v) is 9.49. The Morgan fingerprint density at radius 3 is 2.53 bits per heavy atom. The number of carbonyl (C=O) groups excluding carboxylic acids is 1. The summed E-state index contributed by atoms with van der Waals surface area (Å²) < 4.78 is 11.9. The van der Waals surface area contributed by atoms with Gasteiger partial charge < -0.3 is 14.8 Å². The number of hydrogen-bond donors (Lipinski definition) is 1. The molecule has 0 atom stereocenters. The molecule has 146 valence electrons. The van der Waals surface area contributed by atoms with Crippen LogP contribution in [0.15, 0.2) is 85.2 Å². The van der Waals surface area contributed by atoms with E-state index in [0.29, 0.717) is 28.6 Å². The highest BCUT2D eigenvalue weighted by Crippen LogP contribution is 2.43. The van der Waals surface area contributed by atoms with Crippen molar-refractivity contribution in [3.8, 4) is 28.6 Å². The quantitative estimate of drug-likeness (QED) is 0.410. The van der Waals surface area contributed by atoms with Gasteiger partial charge in [-0.1, -0.05) is 30.3 Å². The Labute approximate surface area is 173 Å². The first-order valence-electron chi connectivity index (χ1n) is 9.49. The number of carbonyl (C=O) groups is 1. The third-order valence-corrected chi connectivity index (χ3v) is 4.74. The van der Waals surface area contributed by atoms with Gasteiger partial charge in [0.2, 0.25) is 5.78 Å². The van der Waals surface area contributed by atoms with Gasteiger partial charge in [0, 0.05) is 12.4 Å². The number of para-hydroxylation sites is 4. The number of ether oxygens (including phenoxy) is 2. The number of anilines is 2. The highest BCUT2D eigenvalue weighted by molar-refractivity contribution is 6.02. The predicted molar refractivity (Wildman–Crippen MR) is 114 cm³/mol. The molecule has 0 aliphatic carbocycles. The van der Waals surface area contributed by atoms with Crippen molar-refractivity contribution in [2.24, 2.45) is 0 Å². The molecule has 1 aromatic heterocycles. The summed E-state index contributed by atoms with van der Waals surface area (Å²) >= 11 is 0. The van der Waals surface area contributed by atoms with E-state index in [4.69, 9.17) is 9.47 Å². The van der Waals surface area contributed by atoms with E-state index >= 15 is 0 Å². The Morgan fingerprint density at radius 1 is 0.867 bits per heavy atom. The molecule has 0 radical (unpaired) electrons. The molecular weight excluding hydrogens is 378 g/mol. The molecule has 0 saturated heterocycles. The van der Waals surface area contributed by atoms with Crippen LogP contribution in [0.5, 0.6) is 17.2 Å². The van der Waals surface area contributed by atoms with Gasteiger partial charge in [-0.3, -0.25) is 4.79 Å². The Bertz CT molecular complexity index is 1230. The first-order chi connectivity index (χ1) is 14.8. The summed E-state index contributed by atoms with van der Waals surface area (Å²) in [7, 11) is 0. The van der Waals surface area contributed by atoms with Crippen molar-refractivity contribution in [1.82, 2.24) is 9.97 Å². The Balaban J connectivity index is 1.39. The molecule has 1 aliphatic rings. The van der Waals surface area contributed by atoms with Gasteiger partial charge >= 0.3 is 0 Å². The van der Waals surface area contributed by atoms with E-state index in [1.165, 1.54) is 0 Å². The maximum atomic E-state index is 13.0. The number of benzene rings is 3. The molecule has 0 spiro atoms. The van der Waals surface area contributed by atoms with Crippen LogP contribution in [0.25, 0.3) is 11.4 Å². The van der Waals surface area contributed by atoms with Crippen molar-refractivity contribution >= 4 is 17.2 Å². The fourth-order valence-electron chi connectivity index (χ4n) is 3.32. The Hall–Kier alpha value is -4.19. The number of nitrogens with one attached hydrogen (secondary N) is 1. The van der Waals surface area contributed by atoms with Crippen molar-refractivity contribution in [3.05, 3.63) is 90.8 Å². The maximum absolute atomic E-state index is 13.0. The lowest BCUT2D eigenvalue weighted by molar-refractivity contribution is 0.0919. The minimum Gasteiger partial charge on any atom is -0.485 e. The fraction of sp³-hybridized carbons (Fsp3) is 0.0417. The zero-order valence-electron chi connectivity index (χ0n) is 15.9. The van der Waals surface area contributed by atoms with E-state index in [1.807, 2.05) is 54.6 Å². The number of aromatic nitrogens is 2. The number of ketones is 1. The molecule has 1 N–H and O–H groups in total. The summed E-state index contributed by atoms with van der Waals surface area (Å²) in [4.78, 5) is 21.5. The van der Waals surface area contributed by atoms with E-state index in [2.05, 4.69) is 15.3 Å². The van der Waals surface area contributed by atoms with Gasteiger partial charge in [0.05, 0.1) is 22.5 Å². The monoisotopic (exact) mass is 395 g/mol. The van der Waals surface area contributed by atoms with Crippen molar-refractivity contribution in [2.45, 2.75) is 0 Å². The Morgan fingerprint density at radius 2 is 1.63 bits per heavy atom. The van der Waals surface area contributed by atoms with Crippen molar-refractivity contribution < 1.29 is 14.3 Å². The normalized spacial score (nSPS) is 11.5. The molecule has 1 aliphatic heterocycles. The molecule has 6 nitrogen and oxygen atoms in total.